The maximum absolute atomic E-state index is 13.1. The summed E-state index contributed by atoms with van der Waals surface area (Å²) in [6, 6.07) is 9.08. The second kappa shape index (κ2) is 6.19. The Morgan fingerprint density at radius 2 is 1.67 bits per heavy atom. The quantitative estimate of drug-likeness (QED) is 0.892. The minimum atomic E-state index is -3.83. The number of halogens is 2. The van der Waals surface area contributed by atoms with Crippen molar-refractivity contribution in [2.75, 3.05) is 11.8 Å². The van der Waals surface area contributed by atoms with Gasteiger partial charge in [0, 0.05) is 12.6 Å². The van der Waals surface area contributed by atoms with Crippen LogP contribution in [-0.4, -0.2) is 15.5 Å². The SMILES string of the molecule is CNCc1ccc(S(=O)(=O)Nc2ccc(F)c(F)c2)cc1. The molecule has 0 heterocycles. The van der Waals surface area contributed by atoms with Crippen molar-refractivity contribution in [2.24, 2.45) is 0 Å². The van der Waals surface area contributed by atoms with Crippen LogP contribution >= 0.6 is 0 Å². The van der Waals surface area contributed by atoms with Crippen LogP contribution in [0, 0.1) is 11.6 Å². The van der Waals surface area contributed by atoms with Crippen LogP contribution in [0.5, 0.6) is 0 Å². The van der Waals surface area contributed by atoms with Crippen LogP contribution in [0.25, 0.3) is 0 Å². The smallest absolute Gasteiger partial charge is 0.261 e. The van der Waals surface area contributed by atoms with Gasteiger partial charge in [-0.15, -0.1) is 0 Å². The van der Waals surface area contributed by atoms with E-state index in [0.717, 1.165) is 23.8 Å². The third kappa shape index (κ3) is 3.77. The molecule has 0 radical (unpaired) electrons. The summed E-state index contributed by atoms with van der Waals surface area (Å²) >= 11 is 0. The van der Waals surface area contributed by atoms with E-state index in [1.54, 1.807) is 19.2 Å². The van der Waals surface area contributed by atoms with E-state index in [1.807, 2.05) is 0 Å². The van der Waals surface area contributed by atoms with Crippen molar-refractivity contribution in [3.63, 3.8) is 0 Å². The lowest BCUT2D eigenvalue weighted by Crippen LogP contribution is -2.13. The van der Waals surface area contributed by atoms with Gasteiger partial charge in [0.15, 0.2) is 11.6 Å². The molecule has 2 aromatic rings. The van der Waals surface area contributed by atoms with E-state index in [0.29, 0.717) is 6.54 Å². The molecule has 0 aliphatic rings. The third-order valence-corrected chi connectivity index (χ3v) is 4.18. The molecule has 0 fully saturated rings. The first-order chi connectivity index (χ1) is 9.92. The maximum Gasteiger partial charge on any atom is 0.261 e. The van der Waals surface area contributed by atoms with Crippen LogP contribution in [0.2, 0.25) is 0 Å². The van der Waals surface area contributed by atoms with E-state index in [1.165, 1.54) is 12.1 Å². The van der Waals surface area contributed by atoms with Gasteiger partial charge in [-0.1, -0.05) is 12.1 Å². The predicted molar refractivity (Wildman–Crippen MR) is 76.4 cm³/mol. The highest BCUT2D eigenvalue weighted by Crippen LogP contribution is 2.18. The molecule has 4 nitrogen and oxygen atoms in total. The zero-order chi connectivity index (χ0) is 15.5. The largest absolute Gasteiger partial charge is 0.316 e. The molecule has 0 amide bonds. The number of nitrogens with one attached hydrogen (secondary N) is 2. The van der Waals surface area contributed by atoms with Crippen LogP contribution in [0.1, 0.15) is 5.56 Å². The Morgan fingerprint density at radius 1 is 1.00 bits per heavy atom. The van der Waals surface area contributed by atoms with Gasteiger partial charge < -0.3 is 5.32 Å². The molecule has 0 spiro atoms. The monoisotopic (exact) mass is 312 g/mol. The molecule has 0 aromatic heterocycles. The molecule has 0 saturated heterocycles. The Hall–Kier alpha value is -1.99. The van der Waals surface area contributed by atoms with E-state index in [4.69, 9.17) is 0 Å². The highest BCUT2D eigenvalue weighted by Gasteiger charge is 2.15. The summed E-state index contributed by atoms with van der Waals surface area (Å²) in [6.07, 6.45) is 0. The highest BCUT2D eigenvalue weighted by molar-refractivity contribution is 7.92. The molecular formula is C14H14F2N2O2S. The molecule has 0 aliphatic heterocycles. The summed E-state index contributed by atoms with van der Waals surface area (Å²) in [7, 11) is -2.05. The summed E-state index contributed by atoms with van der Waals surface area (Å²) in [4.78, 5) is 0.0482. The summed E-state index contributed by atoms with van der Waals surface area (Å²) in [6.45, 7) is 0.622. The Labute approximate surface area is 121 Å². The van der Waals surface area contributed by atoms with Crippen molar-refractivity contribution in [1.29, 1.82) is 0 Å². The van der Waals surface area contributed by atoms with Gasteiger partial charge in [-0.25, -0.2) is 17.2 Å². The van der Waals surface area contributed by atoms with Crippen LogP contribution in [0.3, 0.4) is 0 Å². The summed E-state index contributed by atoms with van der Waals surface area (Å²) < 4.78 is 52.3. The van der Waals surface area contributed by atoms with E-state index in [2.05, 4.69) is 10.0 Å². The van der Waals surface area contributed by atoms with Gasteiger partial charge in [0.2, 0.25) is 0 Å². The molecule has 2 rings (SSSR count). The summed E-state index contributed by atoms with van der Waals surface area (Å²) in [5.41, 5.74) is 0.900. The van der Waals surface area contributed by atoms with Gasteiger partial charge in [-0.05, 0) is 36.9 Å². The van der Waals surface area contributed by atoms with E-state index < -0.39 is 21.7 Å². The first-order valence-corrected chi connectivity index (χ1v) is 7.62. The topological polar surface area (TPSA) is 58.2 Å². The van der Waals surface area contributed by atoms with Crippen molar-refractivity contribution in [3.05, 3.63) is 59.7 Å². The molecule has 0 bridgehead atoms. The zero-order valence-corrected chi connectivity index (χ0v) is 12.0. The van der Waals surface area contributed by atoms with E-state index in [-0.39, 0.29) is 10.6 Å². The van der Waals surface area contributed by atoms with Crippen LogP contribution < -0.4 is 10.0 Å². The number of hydrogen-bond acceptors (Lipinski definition) is 3. The second-order valence-electron chi connectivity index (χ2n) is 4.41. The van der Waals surface area contributed by atoms with Crippen LogP contribution in [0.15, 0.2) is 47.4 Å². The second-order valence-corrected chi connectivity index (χ2v) is 6.09. The molecule has 0 atom stereocenters. The highest BCUT2D eigenvalue weighted by atomic mass is 32.2. The molecule has 0 unspecified atom stereocenters. The fraction of sp³-hybridized carbons (Fsp3) is 0.143. The number of hydrogen-bond donors (Lipinski definition) is 2. The molecule has 0 saturated carbocycles. The normalized spacial score (nSPS) is 11.4. The van der Waals surface area contributed by atoms with Crippen LogP contribution in [0.4, 0.5) is 14.5 Å². The number of rotatable bonds is 5. The molecule has 2 N–H and O–H groups in total. The maximum atomic E-state index is 13.1. The van der Waals surface area contributed by atoms with Gasteiger partial charge >= 0.3 is 0 Å². The molecule has 0 aliphatic carbocycles. The Morgan fingerprint density at radius 3 is 2.24 bits per heavy atom. The lowest BCUT2D eigenvalue weighted by molar-refractivity contribution is 0.509. The van der Waals surface area contributed by atoms with Crippen molar-refractivity contribution in [3.8, 4) is 0 Å². The Bertz CT molecular complexity index is 731. The number of benzene rings is 2. The number of anilines is 1. The Balaban J connectivity index is 2.23. The molecule has 112 valence electrons. The van der Waals surface area contributed by atoms with Gasteiger partial charge in [0.05, 0.1) is 10.6 Å². The first kappa shape index (κ1) is 15.4. The van der Waals surface area contributed by atoms with Gasteiger partial charge in [-0.2, -0.15) is 0 Å². The zero-order valence-electron chi connectivity index (χ0n) is 11.2. The van der Waals surface area contributed by atoms with Gasteiger partial charge in [-0.3, -0.25) is 4.72 Å². The molecule has 21 heavy (non-hydrogen) atoms. The minimum absolute atomic E-state index is 0.0341. The average molecular weight is 312 g/mol. The van der Waals surface area contributed by atoms with Crippen molar-refractivity contribution in [1.82, 2.24) is 5.32 Å². The van der Waals surface area contributed by atoms with Crippen LogP contribution in [-0.2, 0) is 16.6 Å². The Kier molecular flexibility index (Phi) is 4.54. The fourth-order valence-electron chi connectivity index (χ4n) is 1.76. The van der Waals surface area contributed by atoms with Crippen molar-refractivity contribution in [2.45, 2.75) is 11.4 Å². The number of sulfonamides is 1. The van der Waals surface area contributed by atoms with Gasteiger partial charge in [0.25, 0.3) is 10.0 Å². The fourth-order valence-corrected chi connectivity index (χ4v) is 2.81. The molecule has 7 heteroatoms. The standard InChI is InChI=1S/C14H14F2N2O2S/c1-17-9-10-2-5-12(6-3-10)21(19,20)18-11-4-7-13(15)14(16)8-11/h2-8,17-18H,9H2,1H3. The average Bonchev–Trinajstić information content (AvgIpc) is 2.44. The minimum Gasteiger partial charge on any atom is -0.316 e. The summed E-state index contributed by atoms with van der Waals surface area (Å²) in [5.74, 6) is -2.14. The predicted octanol–water partition coefficient (Wildman–Crippen LogP) is 2.49. The summed E-state index contributed by atoms with van der Waals surface area (Å²) in [5, 5.41) is 2.95. The third-order valence-electron chi connectivity index (χ3n) is 2.79. The first-order valence-electron chi connectivity index (χ1n) is 6.14. The van der Waals surface area contributed by atoms with Gasteiger partial charge in [0.1, 0.15) is 0 Å². The van der Waals surface area contributed by atoms with Crippen molar-refractivity contribution >= 4 is 15.7 Å². The molecule has 2 aromatic carbocycles. The lowest BCUT2D eigenvalue weighted by atomic mass is 10.2. The van der Waals surface area contributed by atoms with E-state index in [9.17, 15) is 17.2 Å². The van der Waals surface area contributed by atoms with Crippen molar-refractivity contribution < 1.29 is 17.2 Å². The lowest BCUT2D eigenvalue weighted by Gasteiger charge is -2.09. The van der Waals surface area contributed by atoms with E-state index >= 15 is 0 Å². The molecular weight excluding hydrogens is 298 g/mol.